The summed E-state index contributed by atoms with van der Waals surface area (Å²) in [6.45, 7) is 0. The van der Waals surface area contributed by atoms with Gasteiger partial charge < -0.3 is 10.2 Å². The fourth-order valence-corrected chi connectivity index (χ4v) is 5.43. The lowest BCUT2D eigenvalue weighted by atomic mass is 9.52. The van der Waals surface area contributed by atoms with E-state index in [1.54, 1.807) is 0 Å². The molecule has 4 saturated carbocycles. The van der Waals surface area contributed by atoms with Crippen LogP contribution < -0.4 is 5.73 Å². The Kier molecular flexibility index (Phi) is 2.11. The van der Waals surface area contributed by atoms with Gasteiger partial charge in [-0.25, -0.2) is 4.98 Å². The maximum absolute atomic E-state index is 6.08. The van der Waals surface area contributed by atoms with Gasteiger partial charge in [-0.15, -0.1) is 0 Å². The van der Waals surface area contributed by atoms with Crippen molar-refractivity contribution in [2.24, 2.45) is 23.7 Å². The van der Waals surface area contributed by atoms with E-state index in [1.807, 2.05) is 18.2 Å². The lowest BCUT2D eigenvalue weighted by Gasteiger charge is -2.53. The number of oxazole rings is 1. The molecule has 0 spiro atoms. The first kappa shape index (κ1) is 11.2. The SMILES string of the molecule is Nc1ccc2oc(C3C4CC5CC(C4)CC3C5)nc2c1. The van der Waals surface area contributed by atoms with E-state index in [4.69, 9.17) is 15.1 Å². The van der Waals surface area contributed by atoms with Crippen LogP contribution in [0.3, 0.4) is 0 Å². The third-order valence-corrected chi connectivity index (χ3v) is 5.94. The van der Waals surface area contributed by atoms with Crippen LogP contribution in [-0.2, 0) is 0 Å². The molecule has 2 aromatic rings. The Morgan fingerprint density at radius 1 is 1.00 bits per heavy atom. The molecule has 104 valence electrons. The molecule has 0 radical (unpaired) electrons. The highest BCUT2D eigenvalue weighted by Crippen LogP contribution is 2.59. The molecule has 0 atom stereocenters. The van der Waals surface area contributed by atoms with E-state index >= 15 is 0 Å². The normalized spacial score (nSPS) is 38.7. The van der Waals surface area contributed by atoms with Crippen molar-refractivity contribution in [3.63, 3.8) is 0 Å². The highest BCUT2D eigenvalue weighted by atomic mass is 16.3. The molecule has 1 heterocycles. The maximum Gasteiger partial charge on any atom is 0.199 e. The van der Waals surface area contributed by atoms with Gasteiger partial charge in [0.2, 0.25) is 0 Å². The number of hydrogen-bond donors (Lipinski definition) is 1. The van der Waals surface area contributed by atoms with Crippen molar-refractivity contribution in [3.05, 3.63) is 24.1 Å². The summed E-state index contributed by atoms with van der Waals surface area (Å²) in [5.41, 5.74) is 8.43. The summed E-state index contributed by atoms with van der Waals surface area (Å²) in [5, 5.41) is 0. The van der Waals surface area contributed by atoms with Gasteiger partial charge in [-0.2, -0.15) is 0 Å². The van der Waals surface area contributed by atoms with Crippen LogP contribution >= 0.6 is 0 Å². The average molecular weight is 268 g/mol. The lowest BCUT2D eigenvalue weighted by Crippen LogP contribution is -2.43. The summed E-state index contributed by atoms with van der Waals surface area (Å²) in [7, 11) is 0. The van der Waals surface area contributed by atoms with Crippen LogP contribution in [0, 0.1) is 23.7 Å². The fraction of sp³-hybridized carbons (Fsp3) is 0.588. The molecule has 0 saturated heterocycles. The van der Waals surface area contributed by atoms with Crippen molar-refractivity contribution in [2.45, 2.75) is 38.0 Å². The van der Waals surface area contributed by atoms with Gasteiger partial charge in [0.15, 0.2) is 11.5 Å². The number of hydrogen-bond acceptors (Lipinski definition) is 3. The van der Waals surface area contributed by atoms with Crippen LogP contribution in [0.25, 0.3) is 11.1 Å². The molecule has 2 N–H and O–H groups in total. The Labute approximate surface area is 118 Å². The van der Waals surface area contributed by atoms with Crippen molar-refractivity contribution < 1.29 is 4.42 Å². The van der Waals surface area contributed by atoms with Crippen LogP contribution in [-0.4, -0.2) is 4.98 Å². The summed E-state index contributed by atoms with van der Waals surface area (Å²) in [6.07, 6.45) is 7.10. The van der Waals surface area contributed by atoms with Crippen LogP contribution in [0.1, 0.15) is 43.9 Å². The van der Waals surface area contributed by atoms with Crippen LogP contribution in [0.4, 0.5) is 5.69 Å². The molecule has 1 aromatic heterocycles. The number of rotatable bonds is 1. The molecule has 4 bridgehead atoms. The second-order valence-electron chi connectivity index (χ2n) is 7.24. The molecule has 6 rings (SSSR count). The van der Waals surface area contributed by atoms with Crippen molar-refractivity contribution in [3.8, 4) is 0 Å². The Hall–Kier alpha value is -1.51. The van der Waals surface area contributed by atoms with E-state index in [0.29, 0.717) is 5.92 Å². The Morgan fingerprint density at radius 2 is 1.70 bits per heavy atom. The van der Waals surface area contributed by atoms with E-state index < -0.39 is 0 Å². The van der Waals surface area contributed by atoms with Crippen LogP contribution in [0.5, 0.6) is 0 Å². The third kappa shape index (κ3) is 1.49. The van der Waals surface area contributed by atoms with Gasteiger partial charge in [-0.05, 0) is 74.0 Å². The van der Waals surface area contributed by atoms with Gasteiger partial charge in [0.05, 0.1) is 0 Å². The minimum absolute atomic E-state index is 0.566. The number of benzene rings is 1. The zero-order valence-electron chi connectivity index (χ0n) is 11.6. The summed E-state index contributed by atoms with van der Waals surface area (Å²) in [6, 6.07) is 5.78. The zero-order valence-corrected chi connectivity index (χ0v) is 11.6. The summed E-state index contributed by atoms with van der Waals surface area (Å²) in [5.74, 6) is 5.17. The predicted octanol–water partition coefficient (Wildman–Crippen LogP) is 3.95. The molecular weight excluding hydrogens is 248 g/mol. The summed E-state index contributed by atoms with van der Waals surface area (Å²) >= 11 is 0. The Bertz CT molecular complexity index is 647. The van der Waals surface area contributed by atoms with Gasteiger partial charge in [0.1, 0.15) is 5.52 Å². The third-order valence-electron chi connectivity index (χ3n) is 5.94. The standard InChI is InChI=1S/C17H20N2O/c18-13-1-2-15-14(8-13)19-17(20-15)16-11-4-9-3-10(6-11)7-12(16)5-9/h1-2,8-12,16H,3-7,18H2. The lowest BCUT2D eigenvalue weighted by molar-refractivity contribution is -0.0109. The predicted molar refractivity (Wildman–Crippen MR) is 78.2 cm³/mol. The van der Waals surface area contributed by atoms with E-state index in [-0.39, 0.29) is 0 Å². The number of anilines is 1. The van der Waals surface area contributed by atoms with Gasteiger partial charge in [-0.3, -0.25) is 0 Å². The molecule has 4 aliphatic carbocycles. The van der Waals surface area contributed by atoms with Crippen LogP contribution in [0.2, 0.25) is 0 Å². The molecule has 3 nitrogen and oxygen atoms in total. The minimum atomic E-state index is 0.566. The Morgan fingerprint density at radius 3 is 2.40 bits per heavy atom. The molecule has 0 unspecified atom stereocenters. The van der Waals surface area contributed by atoms with Gasteiger partial charge in [-0.1, -0.05) is 0 Å². The molecule has 1 aromatic carbocycles. The number of nitrogens with zero attached hydrogens (tertiary/aromatic N) is 1. The fourth-order valence-electron chi connectivity index (χ4n) is 5.43. The number of nitrogen functional groups attached to an aromatic ring is 1. The molecule has 20 heavy (non-hydrogen) atoms. The van der Waals surface area contributed by atoms with Gasteiger partial charge in [0, 0.05) is 11.6 Å². The van der Waals surface area contributed by atoms with Crippen LogP contribution in [0.15, 0.2) is 22.6 Å². The smallest absolute Gasteiger partial charge is 0.199 e. The molecule has 0 amide bonds. The van der Waals surface area contributed by atoms with Crippen molar-refractivity contribution >= 4 is 16.8 Å². The van der Waals surface area contributed by atoms with Gasteiger partial charge in [0.25, 0.3) is 0 Å². The first-order chi connectivity index (χ1) is 9.76. The summed E-state index contributed by atoms with van der Waals surface area (Å²) < 4.78 is 6.08. The van der Waals surface area contributed by atoms with Gasteiger partial charge >= 0.3 is 0 Å². The van der Waals surface area contributed by atoms with Crippen molar-refractivity contribution in [2.75, 3.05) is 5.73 Å². The maximum atomic E-state index is 6.08. The first-order valence-electron chi connectivity index (χ1n) is 7.92. The topological polar surface area (TPSA) is 52.0 Å². The number of nitrogens with two attached hydrogens (primary N) is 1. The second kappa shape index (κ2) is 3.78. The number of aromatic nitrogens is 1. The minimum Gasteiger partial charge on any atom is -0.440 e. The second-order valence-corrected chi connectivity index (χ2v) is 7.24. The highest BCUT2D eigenvalue weighted by molar-refractivity contribution is 5.76. The quantitative estimate of drug-likeness (QED) is 0.797. The van der Waals surface area contributed by atoms with Crippen molar-refractivity contribution in [1.82, 2.24) is 4.98 Å². The van der Waals surface area contributed by atoms with E-state index in [0.717, 1.165) is 46.3 Å². The molecule has 4 aliphatic rings. The molecule has 0 aliphatic heterocycles. The monoisotopic (exact) mass is 268 g/mol. The molecule has 3 heteroatoms. The van der Waals surface area contributed by atoms with E-state index in [2.05, 4.69) is 0 Å². The van der Waals surface area contributed by atoms with E-state index in [1.165, 1.54) is 32.1 Å². The largest absolute Gasteiger partial charge is 0.440 e. The summed E-state index contributed by atoms with van der Waals surface area (Å²) in [4.78, 5) is 4.77. The molecule has 4 fully saturated rings. The Balaban J connectivity index is 1.57. The molecular formula is C17H20N2O. The zero-order chi connectivity index (χ0) is 13.3. The van der Waals surface area contributed by atoms with E-state index in [9.17, 15) is 0 Å². The first-order valence-corrected chi connectivity index (χ1v) is 7.92. The highest BCUT2D eigenvalue weighted by Gasteiger charge is 2.50. The number of fused-ring (bicyclic) bond motifs is 1. The van der Waals surface area contributed by atoms with Crippen molar-refractivity contribution in [1.29, 1.82) is 0 Å². The average Bonchev–Trinajstić information content (AvgIpc) is 2.79.